The Kier molecular flexibility index (Phi) is 17.6. The van der Waals surface area contributed by atoms with E-state index in [2.05, 4.69) is 15.6 Å². The molecule has 3 aromatic carbocycles. The number of aromatic nitrogens is 1. The lowest BCUT2D eigenvalue weighted by Crippen LogP contribution is -2.50. The number of aliphatic hydroxyl groups excluding tert-OH is 1. The zero-order valence-electron chi connectivity index (χ0n) is 40.2. The number of nitrogens with one attached hydrogen (secondary N) is 2. The molecular weight excluding hydrogens is 944 g/mol. The molecule has 3 atom stereocenters. The van der Waals surface area contributed by atoms with Crippen LogP contribution in [0.5, 0.6) is 0 Å². The number of Topliss-reactive ketones (excluding diaryl/α,β-unsaturated/α-hetero) is 1. The summed E-state index contributed by atoms with van der Waals surface area (Å²) in [5.74, 6) is -2.17. The summed E-state index contributed by atoms with van der Waals surface area (Å²) in [5.41, 5.74) is 2.53. The van der Waals surface area contributed by atoms with Gasteiger partial charge in [0.05, 0.1) is 45.1 Å². The number of halogens is 3. The minimum atomic E-state index is -4.79. The molecule has 2 aliphatic rings. The van der Waals surface area contributed by atoms with Gasteiger partial charge in [0.15, 0.2) is 10.9 Å². The molecule has 70 heavy (non-hydrogen) atoms. The number of aryl methyl sites for hydroxylation is 1. The van der Waals surface area contributed by atoms with Gasteiger partial charge in [-0.05, 0) is 111 Å². The van der Waals surface area contributed by atoms with E-state index in [1.807, 2.05) is 64.1 Å². The van der Waals surface area contributed by atoms with E-state index in [4.69, 9.17) is 21.7 Å². The van der Waals surface area contributed by atoms with E-state index in [1.54, 1.807) is 53.8 Å². The third kappa shape index (κ3) is 12.9. The van der Waals surface area contributed by atoms with E-state index < -0.39 is 52.2 Å². The number of rotatable bonds is 21. The number of nitriles is 1. The summed E-state index contributed by atoms with van der Waals surface area (Å²) in [4.78, 5) is 63.6. The number of carbonyl (C=O) groups is 4. The predicted octanol–water partition coefficient (Wildman–Crippen LogP) is 8.44. The van der Waals surface area contributed by atoms with Crippen LogP contribution in [0.15, 0.2) is 72.2 Å². The summed E-state index contributed by atoms with van der Waals surface area (Å²) < 4.78 is 52.6. The molecule has 3 N–H and O–H groups in total. The molecule has 2 saturated heterocycles. The molecule has 0 aliphatic carbocycles. The van der Waals surface area contributed by atoms with E-state index >= 15 is 0 Å². The number of β-amino-alcohol motifs (C(OH)–C–C–N with tert-alkyl or cyclic N) is 1. The minimum absolute atomic E-state index is 0.00867. The van der Waals surface area contributed by atoms with Gasteiger partial charge in [0, 0.05) is 69.6 Å². The number of unbranched alkanes of at least 4 members (excludes halogenated alkanes) is 1. The molecule has 3 amide bonds. The standard InChI is InChI=1S/C51H60F3N7O7S2/c1-32-44(70-31-58-32)34-12-10-33(11-13-34)28-57-45(64)43-26-39(62)29-59(43)46(65)42(49(2,3)4)25-40(63)30-68-23-9-22-67-21-8-7-20-56-36-15-18-37(19-16-36)61-48(69)60(47(66)50(61,5)6)38-17-14-35(27-55)41(24-38)51(52,53)54/h10-19,24,31,39,42-43,56,62H,7-9,20-23,25-26,28-30H2,1-6H3,(H,57,64)/t39-,42-,43+/m1/s1. The molecule has 0 bridgehead atoms. The molecule has 2 aliphatic heterocycles. The maximum Gasteiger partial charge on any atom is 0.417 e. The lowest BCUT2D eigenvalue weighted by molar-refractivity contribution is -0.146. The summed E-state index contributed by atoms with van der Waals surface area (Å²) in [6, 6.07) is 18.8. The first-order valence-corrected chi connectivity index (χ1v) is 24.5. The van der Waals surface area contributed by atoms with Gasteiger partial charge in [-0.3, -0.25) is 24.1 Å². The Bertz CT molecular complexity index is 2560. The highest BCUT2D eigenvalue weighted by Crippen LogP contribution is 2.40. The van der Waals surface area contributed by atoms with Gasteiger partial charge in [-0.1, -0.05) is 45.0 Å². The number of hydrogen-bond donors (Lipinski definition) is 3. The van der Waals surface area contributed by atoms with Gasteiger partial charge in [-0.25, -0.2) is 4.98 Å². The normalized spacial score (nSPS) is 17.5. The maximum absolute atomic E-state index is 14.0. The van der Waals surface area contributed by atoms with Crippen LogP contribution in [0.1, 0.15) is 89.1 Å². The van der Waals surface area contributed by atoms with Crippen molar-refractivity contribution in [2.45, 2.75) is 104 Å². The van der Waals surface area contributed by atoms with Crippen molar-refractivity contribution < 1.29 is 46.9 Å². The summed E-state index contributed by atoms with van der Waals surface area (Å²) in [6.07, 6.45) is -3.45. The van der Waals surface area contributed by atoms with Gasteiger partial charge in [-0.2, -0.15) is 18.4 Å². The summed E-state index contributed by atoms with van der Waals surface area (Å²) in [6.45, 7) is 12.9. The number of alkyl halides is 3. The molecule has 0 unspecified atom stereocenters. The van der Waals surface area contributed by atoms with E-state index in [0.29, 0.717) is 38.5 Å². The van der Waals surface area contributed by atoms with Crippen LogP contribution in [-0.4, -0.2) is 101 Å². The second kappa shape index (κ2) is 23.0. The number of aliphatic hydroxyl groups is 1. The van der Waals surface area contributed by atoms with Crippen LogP contribution in [-0.2, 0) is 41.4 Å². The first kappa shape index (κ1) is 53.6. The molecule has 2 fully saturated rings. The number of hydrogen-bond acceptors (Lipinski definition) is 12. The van der Waals surface area contributed by atoms with Crippen LogP contribution in [0.25, 0.3) is 10.4 Å². The van der Waals surface area contributed by atoms with Crippen molar-refractivity contribution in [3.63, 3.8) is 0 Å². The second-order valence-corrected chi connectivity index (χ2v) is 20.3. The molecule has 19 heteroatoms. The number of thiazole rings is 1. The maximum atomic E-state index is 14.0. The molecule has 14 nitrogen and oxygen atoms in total. The van der Waals surface area contributed by atoms with Gasteiger partial charge in [-0.15, -0.1) is 11.3 Å². The quantitative estimate of drug-likeness (QED) is 0.0537. The fraction of sp³-hybridized carbons (Fsp3) is 0.471. The average molecular weight is 1000 g/mol. The van der Waals surface area contributed by atoms with Gasteiger partial charge >= 0.3 is 6.18 Å². The van der Waals surface area contributed by atoms with Crippen molar-refractivity contribution in [3.8, 4) is 16.5 Å². The number of anilines is 3. The molecule has 1 aromatic heterocycles. The number of ketones is 1. The van der Waals surface area contributed by atoms with E-state index in [1.165, 1.54) is 11.0 Å². The topological polar surface area (TPSA) is 177 Å². The summed E-state index contributed by atoms with van der Waals surface area (Å²) in [5, 5.41) is 26.1. The van der Waals surface area contributed by atoms with Crippen molar-refractivity contribution in [3.05, 3.63) is 94.6 Å². The lowest BCUT2D eigenvalue weighted by atomic mass is 9.77. The lowest BCUT2D eigenvalue weighted by Gasteiger charge is -2.34. The Morgan fingerprint density at radius 2 is 1.66 bits per heavy atom. The van der Waals surface area contributed by atoms with Crippen LogP contribution in [0.2, 0.25) is 0 Å². The molecule has 374 valence electrons. The molecule has 0 radical (unpaired) electrons. The third-order valence-corrected chi connectivity index (χ3v) is 13.8. The van der Waals surface area contributed by atoms with Crippen LogP contribution >= 0.6 is 23.6 Å². The highest BCUT2D eigenvalue weighted by atomic mass is 32.1. The Morgan fingerprint density at radius 1 is 0.986 bits per heavy atom. The Morgan fingerprint density at radius 3 is 2.30 bits per heavy atom. The van der Waals surface area contributed by atoms with Gasteiger partial charge in [0.2, 0.25) is 11.8 Å². The number of likely N-dealkylation sites (tertiary alicyclic amines) is 1. The van der Waals surface area contributed by atoms with E-state index in [-0.39, 0.29) is 60.9 Å². The van der Waals surface area contributed by atoms with Crippen LogP contribution in [0.4, 0.5) is 30.2 Å². The number of nitrogens with zero attached hydrogens (tertiary/aromatic N) is 5. The number of thiocarbonyl (C=S) groups is 1. The number of carbonyl (C=O) groups excluding carboxylic acids is 4. The summed E-state index contributed by atoms with van der Waals surface area (Å²) >= 11 is 7.20. The predicted molar refractivity (Wildman–Crippen MR) is 266 cm³/mol. The minimum Gasteiger partial charge on any atom is -0.391 e. The van der Waals surface area contributed by atoms with Crippen molar-refractivity contribution in [2.24, 2.45) is 11.3 Å². The van der Waals surface area contributed by atoms with E-state index in [9.17, 15) is 42.7 Å². The molecule has 4 aromatic rings. The highest BCUT2D eigenvalue weighted by Gasteiger charge is 2.51. The Hall–Kier alpha value is -5.78. The van der Waals surface area contributed by atoms with Gasteiger partial charge < -0.3 is 35.0 Å². The largest absolute Gasteiger partial charge is 0.417 e. The van der Waals surface area contributed by atoms with Crippen LogP contribution in [0, 0.1) is 29.6 Å². The molecule has 0 saturated carbocycles. The van der Waals surface area contributed by atoms with Gasteiger partial charge in [0.1, 0.15) is 18.2 Å². The fourth-order valence-electron chi connectivity index (χ4n) is 8.52. The van der Waals surface area contributed by atoms with Gasteiger partial charge in [0.25, 0.3) is 5.91 Å². The van der Waals surface area contributed by atoms with E-state index in [0.717, 1.165) is 57.3 Å². The Labute approximate surface area is 416 Å². The number of benzene rings is 3. The first-order chi connectivity index (χ1) is 33.1. The highest BCUT2D eigenvalue weighted by molar-refractivity contribution is 7.81. The molecule has 0 spiro atoms. The average Bonchev–Trinajstić information content (AvgIpc) is 3.98. The van der Waals surface area contributed by atoms with Crippen LogP contribution in [0.3, 0.4) is 0 Å². The Balaban J connectivity index is 0.867. The fourth-order valence-corrected chi connectivity index (χ4v) is 9.85. The zero-order valence-corrected chi connectivity index (χ0v) is 41.9. The molecule has 3 heterocycles. The SMILES string of the molecule is Cc1ncsc1-c1ccc(CNC(=O)[C@@H]2C[C@@H](O)CN2C(=O)[C@@H](CC(=O)COCCCOCCCCNc2ccc(N3C(=S)N(c4ccc(C#N)c(C(F)(F)F)c4)C(=O)C3(C)C)cc2)C(C)(C)C)cc1. The third-order valence-electron chi connectivity index (χ3n) is 12.4. The first-order valence-electron chi connectivity index (χ1n) is 23.2. The smallest absolute Gasteiger partial charge is 0.391 e. The number of amides is 3. The number of ether oxygens (including phenoxy) is 2. The van der Waals surface area contributed by atoms with Crippen molar-refractivity contribution >= 4 is 69.2 Å². The van der Waals surface area contributed by atoms with Crippen molar-refractivity contribution in [1.82, 2.24) is 15.2 Å². The monoisotopic (exact) mass is 1000 g/mol. The van der Waals surface area contributed by atoms with Crippen molar-refractivity contribution in [1.29, 1.82) is 5.26 Å². The second-order valence-electron chi connectivity index (χ2n) is 19.1. The molecular formula is C51H60F3N7O7S2. The zero-order chi connectivity index (χ0) is 51.0. The van der Waals surface area contributed by atoms with Crippen molar-refractivity contribution in [2.75, 3.05) is 54.6 Å². The van der Waals surface area contributed by atoms with Crippen LogP contribution < -0.4 is 20.4 Å². The molecule has 6 rings (SSSR count). The summed E-state index contributed by atoms with van der Waals surface area (Å²) in [7, 11) is 0.